The standard InChI is InChI=1S/C16H17N3O3/c1-2-22-15(20)13-5-3-4-6-14(13)19-16(21)18-11-12-7-9-17-10-8-12/h3-10H,2,11H2,1H3,(H2,18,19,21). The van der Waals surface area contributed by atoms with Gasteiger partial charge in [-0.25, -0.2) is 9.59 Å². The summed E-state index contributed by atoms with van der Waals surface area (Å²) in [6.45, 7) is 2.38. The van der Waals surface area contributed by atoms with Crippen molar-refractivity contribution in [2.45, 2.75) is 13.5 Å². The Morgan fingerprint density at radius 3 is 2.59 bits per heavy atom. The van der Waals surface area contributed by atoms with Crippen molar-refractivity contribution >= 4 is 17.7 Å². The molecule has 6 nitrogen and oxygen atoms in total. The molecule has 0 aliphatic heterocycles. The number of esters is 1. The fourth-order valence-corrected chi connectivity index (χ4v) is 1.83. The van der Waals surface area contributed by atoms with Gasteiger partial charge in [0.2, 0.25) is 0 Å². The molecule has 22 heavy (non-hydrogen) atoms. The van der Waals surface area contributed by atoms with Gasteiger partial charge < -0.3 is 15.4 Å². The fourth-order valence-electron chi connectivity index (χ4n) is 1.83. The van der Waals surface area contributed by atoms with Crippen molar-refractivity contribution < 1.29 is 14.3 Å². The monoisotopic (exact) mass is 299 g/mol. The lowest BCUT2D eigenvalue weighted by Crippen LogP contribution is -2.29. The summed E-state index contributed by atoms with van der Waals surface area (Å²) in [6, 6.07) is 9.94. The molecule has 0 spiro atoms. The van der Waals surface area contributed by atoms with Crippen molar-refractivity contribution in [2.75, 3.05) is 11.9 Å². The number of para-hydroxylation sites is 1. The lowest BCUT2D eigenvalue weighted by Gasteiger charge is -2.11. The third-order valence-corrected chi connectivity index (χ3v) is 2.87. The van der Waals surface area contributed by atoms with Gasteiger partial charge in [0.05, 0.1) is 17.9 Å². The van der Waals surface area contributed by atoms with Gasteiger partial charge in [-0.1, -0.05) is 12.1 Å². The van der Waals surface area contributed by atoms with E-state index in [9.17, 15) is 9.59 Å². The Hall–Kier alpha value is -2.89. The number of nitrogens with zero attached hydrogens (tertiary/aromatic N) is 1. The summed E-state index contributed by atoms with van der Waals surface area (Å²) in [5, 5.41) is 5.37. The summed E-state index contributed by atoms with van der Waals surface area (Å²) in [7, 11) is 0. The first-order chi connectivity index (χ1) is 10.7. The summed E-state index contributed by atoms with van der Waals surface area (Å²) >= 11 is 0. The molecule has 0 saturated heterocycles. The molecular weight excluding hydrogens is 282 g/mol. The second-order valence-corrected chi connectivity index (χ2v) is 4.43. The predicted molar refractivity (Wildman–Crippen MR) is 82.5 cm³/mol. The average molecular weight is 299 g/mol. The number of carbonyl (C=O) groups excluding carboxylic acids is 2. The molecule has 0 aliphatic rings. The van der Waals surface area contributed by atoms with Gasteiger partial charge in [-0.15, -0.1) is 0 Å². The minimum atomic E-state index is -0.465. The molecule has 0 atom stereocenters. The number of aromatic nitrogens is 1. The van der Waals surface area contributed by atoms with Gasteiger partial charge in [0.25, 0.3) is 0 Å². The quantitative estimate of drug-likeness (QED) is 0.832. The van der Waals surface area contributed by atoms with Gasteiger partial charge >= 0.3 is 12.0 Å². The Kier molecular flexibility index (Phi) is 5.48. The summed E-state index contributed by atoms with van der Waals surface area (Å²) in [4.78, 5) is 27.7. The Bertz CT molecular complexity index is 644. The second-order valence-electron chi connectivity index (χ2n) is 4.43. The molecule has 114 valence electrons. The molecule has 0 saturated carbocycles. The van der Waals surface area contributed by atoms with Crippen LogP contribution in [0.15, 0.2) is 48.8 Å². The zero-order valence-electron chi connectivity index (χ0n) is 12.2. The van der Waals surface area contributed by atoms with Gasteiger partial charge in [-0.2, -0.15) is 0 Å². The van der Waals surface area contributed by atoms with E-state index in [2.05, 4.69) is 15.6 Å². The van der Waals surface area contributed by atoms with Crippen LogP contribution in [0.4, 0.5) is 10.5 Å². The number of urea groups is 1. The van der Waals surface area contributed by atoms with Crippen molar-refractivity contribution in [1.82, 2.24) is 10.3 Å². The van der Waals surface area contributed by atoms with Crippen LogP contribution in [0.2, 0.25) is 0 Å². The van der Waals surface area contributed by atoms with Crippen LogP contribution in [0.1, 0.15) is 22.8 Å². The molecule has 1 aromatic heterocycles. The van der Waals surface area contributed by atoms with Gasteiger partial charge in [0.1, 0.15) is 0 Å². The third kappa shape index (κ3) is 4.31. The average Bonchev–Trinajstić information content (AvgIpc) is 2.54. The van der Waals surface area contributed by atoms with Crippen LogP contribution in [0.25, 0.3) is 0 Å². The first-order valence-electron chi connectivity index (χ1n) is 6.90. The van der Waals surface area contributed by atoms with E-state index in [0.29, 0.717) is 17.8 Å². The molecule has 1 aromatic carbocycles. The zero-order chi connectivity index (χ0) is 15.8. The molecule has 2 amide bonds. The van der Waals surface area contributed by atoms with E-state index in [-0.39, 0.29) is 6.61 Å². The van der Waals surface area contributed by atoms with Crippen LogP contribution >= 0.6 is 0 Å². The smallest absolute Gasteiger partial charge is 0.340 e. The van der Waals surface area contributed by atoms with Crippen molar-refractivity contribution in [2.24, 2.45) is 0 Å². The van der Waals surface area contributed by atoms with Crippen LogP contribution in [0.3, 0.4) is 0 Å². The van der Waals surface area contributed by atoms with E-state index < -0.39 is 12.0 Å². The first kappa shape index (κ1) is 15.5. The van der Waals surface area contributed by atoms with Crippen LogP contribution in [-0.2, 0) is 11.3 Å². The first-order valence-corrected chi connectivity index (χ1v) is 6.90. The SMILES string of the molecule is CCOC(=O)c1ccccc1NC(=O)NCc1ccncc1. The molecule has 0 radical (unpaired) electrons. The van der Waals surface area contributed by atoms with E-state index >= 15 is 0 Å². The Morgan fingerprint density at radius 2 is 1.86 bits per heavy atom. The molecule has 1 heterocycles. The fraction of sp³-hybridized carbons (Fsp3) is 0.188. The Balaban J connectivity index is 1.98. The molecule has 2 rings (SSSR count). The Labute approximate surface area is 128 Å². The van der Waals surface area contributed by atoms with E-state index in [0.717, 1.165) is 5.56 Å². The van der Waals surface area contributed by atoms with Crippen molar-refractivity contribution in [3.63, 3.8) is 0 Å². The largest absolute Gasteiger partial charge is 0.462 e. The topological polar surface area (TPSA) is 80.3 Å². The molecule has 2 aromatic rings. The molecule has 0 aliphatic carbocycles. The van der Waals surface area contributed by atoms with Gasteiger partial charge in [-0.05, 0) is 36.8 Å². The van der Waals surface area contributed by atoms with Crippen LogP contribution in [-0.4, -0.2) is 23.6 Å². The highest BCUT2D eigenvalue weighted by atomic mass is 16.5. The molecule has 0 fully saturated rings. The highest BCUT2D eigenvalue weighted by Gasteiger charge is 2.13. The van der Waals surface area contributed by atoms with Crippen molar-refractivity contribution in [1.29, 1.82) is 0 Å². The van der Waals surface area contributed by atoms with Gasteiger partial charge in [0.15, 0.2) is 0 Å². The number of hydrogen-bond acceptors (Lipinski definition) is 4. The lowest BCUT2D eigenvalue weighted by atomic mass is 10.2. The maximum Gasteiger partial charge on any atom is 0.340 e. The van der Waals surface area contributed by atoms with E-state index in [4.69, 9.17) is 4.74 Å². The molecule has 0 bridgehead atoms. The number of benzene rings is 1. The number of nitrogens with one attached hydrogen (secondary N) is 2. The third-order valence-electron chi connectivity index (χ3n) is 2.87. The number of hydrogen-bond donors (Lipinski definition) is 2. The highest BCUT2D eigenvalue weighted by molar-refractivity contribution is 6.00. The van der Waals surface area contributed by atoms with E-state index in [1.807, 2.05) is 12.1 Å². The van der Waals surface area contributed by atoms with Crippen molar-refractivity contribution in [3.05, 3.63) is 59.9 Å². The Morgan fingerprint density at radius 1 is 1.14 bits per heavy atom. The summed E-state index contributed by atoms with van der Waals surface area (Å²) in [6.07, 6.45) is 3.32. The minimum absolute atomic E-state index is 0.279. The zero-order valence-corrected chi connectivity index (χ0v) is 12.2. The lowest BCUT2D eigenvalue weighted by molar-refractivity contribution is 0.0527. The van der Waals surface area contributed by atoms with Crippen LogP contribution < -0.4 is 10.6 Å². The second kappa shape index (κ2) is 7.78. The number of amides is 2. The summed E-state index contributed by atoms with van der Waals surface area (Å²) in [5.74, 6) is -0.465. The van der Waals surface area contributed by atoms with E-state index in [1.165, 1.54) is 0 Å². The van der Waals surface area contributed by atoms with Crippen LogP contribution in [0.5, 0.6) is 0 Å². The molecular formula is C16H17N3O3. The number of ether oxygens (including phenoxy) is 1. The molecule has 0 unspecified atom stereocenters. The highest BCUT2D eigenvalue weighted by Crippen LogP contribution is 2.16. The van der Waals surface area contributed by atoms with Gasteiger partial charge in [-0.3, -0.25) is 4.98 Å². The number of pyridine rings is 1. The van der Waals surface area contributed by atoms with Gasteiger partial charge in [0, 0.05) is 18.9 Å². The summed E-state index contributed by atoms with van der Waals surface area (Å²) < 4.78 is 4.96. The molecule has 6 heteroatoms. The summed E-state index contributed by atoms with van der Waals surface area (Å²) in [5.41, 5.74) is 1.67. The maximum absolute atomic E-state index is 11.9. The van der Waals surface area contributed by atoms with Crippen molar-refractivity contribution in [3.8, 4) is 0 Å². The normalized spacial score (nSPS) is 9.86. The maximum atomic E-state index is 11.9. The number of anilines is 1. The van der Waals surface area contributed by atoms with E-state index in [1.54, 1.807) is 43.6 Å². The predicted octanol–water partition coefficient (Wildman–Crippen LogP) is 2.58. The minimum Gasteiger partial charge on any atom is -0.462 e. The van der Waals surface area contributed by atoms with Crippen LogP contribution in [0, 0.1) is 0 Å². The molecule has 2 N–H and O–H groups in total. The number of rotatable bonds is 5. The number of carbonyl (C=O) groups is 2.